The van der Waals surface area contributed by atoms with Gasteiger partial charge in [-0.1, -0.05) is 23.7 Å². The number of primary amides is 2. The third-order valence-electron chi connectivity index (χ3n) is 9.48. The van der Waals surface area contributed by atoms with Crippen molar-refractivity contribution in [2.75, 3.05) is 13.2 Å². The van der Waals surface area contributed by atoms with Crippen LogP contribution in [0.4, 0.5) is 8.78 Å². The highest BCUT2D eigenvalue weighted by molar-refractivity contribution is 5.94. The number of fused-ring (bicyclic) bond motifs is 6. The number of rotatable bonds is 5. The van der Waals surface area contributed by atoms with E-state index in [-0.39, 0.29) is 76.5 Å². The number of hydrogen-bond acceptors (Lipinski definition) is 11. The Labute approximate surface area is 327 Å². The summed E-state index contributed by atoms with van der Waals surface area (Å²) in [6.45, 7) is 3.49. The fraction of sp³-hybridized carbons (Fsp3) is 0.200. The maximum Gasteiger partial charge on any atom is 0.274 e. The van der Waals surface area contributed by atoms with Crippen LogP contribution in [0.2, 0.25) is 0 Å². The minimum Gasteiger partial charge on any atom is -0.491 e. The average molecular weight is 786 g/mol. The summed E-state index contributed by atoms with van der Waals surface area (Å²) in [4.78, 5) is 45.7. The molecule has 8 rings (SSSR count). The molecule has 0 saturated heterocycles. The Morgan fingerprint density at radius 2 is 1.40 bits per heavy atom. The lowest BCUT2D eigenvalue weighted by Crippen LogP contribution is -2.39. The quantitative estimate of drug-likeness (QED) is 0.145. The van der Waals surface area contributed by atoms with Crippen molar-refractivity contribution in [2.24, 2.45) is 11.5 Å². The largest absolute Gasteiger partial charge is 0.491 e. The zero-order valence-corrected chi connectivity index (χ0v) is 30.7. The Balaban J connectivity index is 1.16. The van der Waals surface area contributed by atoms with Gasteiger partial charge >= 0.3 is 0 Å². The number of benzene rings is 2. The molecule has 58 heavy (non-hydrogen) atoms. The van der Waals surface area contributed by atoms with Gasteiger partial charge in [-0.25, -0.2) is 37.9 Å². The standard InChI is InChI=1S/C40H30F2N10O6/c1-39(55,24-15-45-20-46-16-24)5-3-23-12-27-32(14-29(23)42)58-10-8-52-37(27)49-33(35(44)54)38(52)51-18-25(17-47-21-51)40(2,56)6-4-22-11-26-31(13-28(22)41)57-9-7-50-19-30(34(43)53)48-36(26)50/h11-21,55-56H,7-10H2,1-2H3,(H3-,43,44,53,54)/p+1/t39-,40+/m1/s1. The number of imidazole rings is 2. The van der Waals surface area contributed by atoms with Crippen molar-refractivity contribution in [1.29, 1.82) is 0 Å². The number of ether oxygens (including phenoxy) is 2. The molecule has 0 fully saturated rings. The summed E-state index contributed by atoms with van der Waals surface area (Å²) in [5, 5.41) is 22.6. The van der Waals surface area contributed by atoms with E-state index in [1.54, 1.807) is 9.13 Å². The van der Waals surface area contributed by atoms with Gasteiger partial charge in [0.05, 0.1) is 40.6 Å². The Hall–Kier alpha value is -7.54. The van der Waals surface area contributed by atoms with E-state index in [2.05, 4.69) is 48.6 Å². The van der Waals surface area contributed by atoms with Gasteiger partial charge in [0.1, 0.15) is 66.9 Å². The first-order chi connectivity index (χ1) is 27.7. The molecule has 2 aliphatic rings. The molecular weight excluding hydrogens is 754 g/mol. The van der Waals surface area contributed by atoms with E-state index in [9.17, 15) is 19.8 Å². The second-order valence-corrected chi connectivity index (χ2v) is 13.6. The molecule has 0 aliphatic carbocycles. The Morgan fingerprint density at radius 1 is 0.810 bits per heavy atom. The first-order valence-electron chi connectivity index (χ1n) is 17.5. The molecule has 6 heterocycles. The molecule has 2 amide bonds. The third kappa shape index (κ3) is 6.83. The molecule has 2 atom stereocenters. The summed E-state index contributed by atoms with van der Waals surface area (Å²) in [6.07, 6.45) is 9.76. The highest BCUT2D eigenvalue weighted by Crippen LogP contribution is 2.37. The minimum atomic E-state index is -1.94. The first-order valence-corrected chi connectivity index (χ1v) is 17.5. The van der Waals surface area contributed by atoms with Gasteiger partial charge in [-0.2, -0.15) is 0 Å². The molecule has 18 heteroatoms. The molecule has 6 aromatic rings. The van der Waals surface area contributed by atoms with Crippen LogP contribution in [0.1, 0.15) is 57.1 Å². The number of hydrogen-bond donors (Lipinski definition) is 4. The zero-order chi connectivity index (χ0) is 40.9. The molecule has 2 aromatic carbocycles. The normalized spacial score (nSPS) is 14.7. The van der Waals surface area contributed by atoms with Gasteiger partial charge in [-0.15, -0.1) is 4.98 Å². The minimum absolute atomic E-state index is 0.0348. The lowest BCUT2D eigenvalue weighted by molar-refractivity contribution is -0.605. The predicted molar refractivity (Wildman–Crippen MR) is 198 cm³/mol. The van der Waals surface area contributed by atoms with Crippen molar-refractivity contribution < 1.29 is 42.6 Å². The van der Waals surface area contributed by atoms with E-state index in [4.69, 9.17) is 20.9 Å². The summed E-state index contributed by atoms with van der Waals surface area (Å²) in [6, 6.07) is 5.11. The molecule has 0 radical (unpaired) electrons. The number of amides is 2. The zero-order valence-electron chi connectivity index (χ0n) is 30.7. The second kappa shape index (κ2) is 14.2. The summed E-state index contributed by atoms with van der Waals surface area (Å²) >= 11 is 0. The van der Waals surface area contributed by atoms with Crippen LogP contribution in [-0.4, -0.2) is 69.3 Å². The first kappa shape index (κ1) is 37.4. The van der Waals surface area contributed by atoms with Gasteiger partial charge in [0.15, 0.2) is 11.2 Å². The molecule has 6 N–H and O–H groups in total. The fourth-order valence-electron chi connectivity index (χ4n) is 6.44. The molecule has 0 spiro atoms. The number of halogens is 2. The van der Waals surface area contributed by atoms with Crippen molar-refractivity contribution in [1.82, 2.24) is 34.1 Å². The van der Waals surface area contributed by atoms with Gasteiger partial charge in [0, 0.05) is 36.3 Å². The van der Waals surface area contributed by atoms with Crippen LogP contribution in [0, 0.1) is 35.3 Å². The number of aliphatic hydroxyl groups is 2. The van der Waals surface area contributed by atoms with Gasteiger partial charge in [-0.05, 0) is 26.0 Å². The lowest BCUT2D eigenvalue weighted by atomic mass is 9.99. The highest BCUT2D eigenvalue weighted by atomic mass is 19.1. The summed E-state index contributed by atoms with van der Waals surface area (Å²) in [5.41, 5.74) is 8.40. The Bertz CT molecular complexity index is 2810. The highest BCUT2D eigenvalue weighted by Gasteiger charge is 2.34. The molecule has 16 nitrogen and oxygen atoms in total. The Morgan fingerprint density at radius 3 is 2.02 bits per heavy atom. The van der Waals surface area contributed by atoms with Crippen LogP contribution < -0.4 is 25.5 Å². The summed E-state index contributed by atoms with van der Waals surface area (Å²) in [5.74, 6) is 8.71. The van der Waals surface area contributed by atoms with Crippen molar-refractivity contribution >= 4 is 11.8 Å². The van der Waals surface area contributed by atoms with Crippen LogP contribution in [0.15, 0.2) is 67.9 Å². The second-order valence-electron chi connectivity index (χ2n) is 13.6. The molecule has 0 bridgehead atoms. The van der Waals surface area contributed by atoms with E-state index in [1.807, 2.05) is 0 Å². The molecular formula is C40H31F2N10O6+. The maximum atomic E-state index is 15.4. The SMILES string of the molecule is C[C@](O)(C#Cc1cc2c(cc1F)OCCn1cc(C(N)=O)nc1-2)c1cnc[n+](-c2c(C(N)=O)nc3n2CCOc2cc(F)c(C#C[C@@](C)(O)c4cncnc4)cc2-3)c1. The van der Waals surface area contributed by atoms with E-state index >= 15 is 8.78 Å². The van der Waals surface area contributed by atoms with Gasteiger partial charge in [-0.3, -0.25) is 9.59 Å². The van der Waals surface area contributed by atoms with Crippen LogP contribution in [0.5, 0.6) is 11.5 Å². The number of carbonyl (C=O) groups is 2. The number of nitrogens with zero attached hydrogens (tertiary/aromatic N) is 8. The molecule has 2 aliphatic heterocycles. The fourth-order valence-corrected chi connectivity index (χ4v) is 6.44. The topological polar surface area (TPSA) is 223 Å². The lowest BCUT2D eigenvalue weighted by Gasteiger charge is -2.16. The van der Waals surface area contributed by atoms with Crippen molar-refractivity contribution in [3.63, 3.8) is 0 Å². The van der Waals surface area contributed by atoms with Crippen LogP contribution in [0.3, 0.4) is 0 Å². The molecule has 4 aromatic heterocycles. The predicted octanol–water partition coefficient (Wildman–Crippen LogP) is 1.65. The monoisotopic (exact) mass is 785 g/mol. The van der Waals surface area contributed by atoms with E-state index in [1.165, 1.54) is 74.2 Å². The van der Waals surface area contributed by atoms with Crippen molar-refractivity contribution in [3.05, 3.63) is 113 Å². The van der Waals surface area contributed by atoms with Crippen LogP contribution in [0.25, 0.3) is 28.6 Å². The number of carbonyl (C=O) groups excluding carboxylic acids is 2. The Kier molecular flexibility index (Phi) is 9.15. The summed E-state index contributed by atoms with van der Waals surface area (Å²) in [7, 11) is 0. The van der Waals surface area contributed by atoms with E-state index in [0.717, 1.165) is 12.1 Å². The molecule has 0 unspecified atom stereocenters. The number of aromatic nitrogens is 8. The van der Waals surface area contributed by atoms with Crippen LogP contribution in [-0.2, 0) is 24.3 Å². The molecule has 0 saturated carbocycles. The van der Waals surface area contributed by atoms with Crippen molar-refractivity contribution in [2.45, 2.75) is 38.1 Å². The van der Waals surface area contributed by atoms with Gasteiger partial charge in [0.2, 0.25) is 17.8 Å². The summed E-state index contributed by atoms with van der Waals surface area (Å²) < 4.78 is 47.1. The van der Waals surface area contributed by atoms with Crippen LogP contribution >= 0.6 is 0 Å². The molecule has 290 valence electrons. The van der Waals surface area contributed by atoms with E-state index in [0.29, 0.717) is 23.5 Å². The van der Waals surface area contributed by atoms with Gasteiger partial charge in [0.25, 0.3) is 17.6 Å². The number of nitrogens with two attached hydrogens (primary N) is 2. The maximum absolute atomic E-state index is 15.4. The van der Waals surface area contributed by atoms with Crippen molar-refractivity contribution in [3.8, 4) is 63.8 Å². The van der Waals surface area contributed by atoms with E-state index < -0.39 is 34.7 Å². The average Bonchev–Trinajstić information content (AvgIpc) is 3.70. The third-order valence-corrected chi connectivity index (χ3v) is 9.48. The van der Waals surface area contributed by atoms with Gasteiger partial charge < -0.3 is 35.7 Å². The smallest absolute Gasteiger partial charge is 0.274 e.